The van der Waals surface area contributed by atoms with Crippen molar-refractivity contribution in [2.45, 2.75) is 18.9 Å². The van der Waals surface area contributed by atoms with Crippen LogP contribution in [0.4, 0.5) is 5.69 Å². The number of nitrogens with zero attached hydrogens (tertiary/aromatic N) is 1. The SMILES string of the molecule is O=CNc1ccc(C(=O)N(CCO)C2CC2)cc1. The monoisotopic (exact) mass is 248 g/mol. The van der Waals surface area contributed by atoms with Gasteiger partial charge in [-0.2, -0.15) is 0 Å². The number of carbonyl (C=O) groups excluding carboxylic acids is 2. The van der Waals surface area contributed by atoms with Crippen molar-refractivity contribution in [3.05, 3.63) is 29.8 Å². The van der Waals surface area contributed by atoms with Crippen molar-refractivity contribution in [2.24, 2.45) is 0 Å². The zero-order valence-corrected chi connectivity index (χ0v) is 10.0. The molecule has 0 radical (unpaired) electrons. The van der Waals surface area contributed by atoms with Crippen molar-refractivity contribution in [1.29, 1.82) is 0 Å². The quantitative estimate of drug-likeness (QED) is 0.733. The van der Waals surface area contributed by atoms with Gasteiger partial charge in [0.1, 0.15) is 0 Å². The second kappa shape index (κ2) is 5.64. The van der Waals surface area contributed by atoms with E-state index in [0.29, 0.717) is 24.2 Å². The molecule has 5 nitrogen and oxygen atoms in total. The smallest absolute Gasteiger partial charge is 0.254 e. The van der Waals surface area contributed by atoms with E-state index in [1.54, 1.807) is 29.2 Å². The number of hydrogen-bond donors (Lipinski definition) is 2. The molecule has 18 heavy (non-hydrogen) atoms. The fourth-order valence-electron chi connectivity index (χ4n) is 1.89. The lowest BCUT2D eigenvalue weighted by molar-refractivity contribution is -0.105. The van der Waals surface area contributed by atoms with E-state index < -0.39 is 0 Å². The minimum atomic E-state index is -0.0656. The Labute approximate surface area is 105 Å². The molecule has 0 spiro atoms. The van der Waals surface area contributed by atoms with Gasteiger partial charge in [0.05, 0.1) is 6.61 Å². The zero-order valence-electron chi connectivity index (χ0n) is 10.0. The van der Waals surface area contributed by atoms with Crippen LogP contribution >= 0.6 is 0 Å². The average molecular weight is 248 g/mol. The number of aliphatic hydroxyl groups is 1. The molecule has 1 aromatic rings. The minimum absolute atomic E-state index is 0.0208. The van der Waals surface area contributed by atoms with Gasteiger partial charge in [-0.05, 0) is 37.1 Å². The predicted octanol–water partition coefficient (Wildman–Crippen LogP) is 0.852. The molecule has 1 aliphatic carbocycles. The molecule has 0 aliphatic heterocycles. The zero-order chi connectivity index (χ0) is 13.0. The second-order valence-corrected chi connectivity index (χ2v) is 4.29. The number of anilines is 1. The van der Waals surface area contributed by atoms with Gasteiger partial charge in [0.15, 0.2) is 0 Å². The number of nitrogens with one attached hydrogen (secondary N) is 1. The van der Waals surface area contributed by atoms with Gasteiger partial charge in [-0.25, -0.2) is 0 Å². The summed E-state index contributed by atoms with van der Waals surface area (Å²) in [7, 11) is 0. The van der Waals surface area contributed by atoms with Gasteiger partial charge >= 0.3 is 0 Å². The first-order valence-electron chi connectivity index (χ1n) is 5.98. The van der Waals surface area contributed by atoms with Gasteiger partial charge in [-0.1, -0.05) is 0 Å². The van der Waals surface area contributed by atoms with Crippen LogP contribution in [-0.4, -0.2) is 41.5 Å². The fourth-order valence-corrected chi connectivity index (χ4v) is 1.89. The molecule has 1 aliphatic rings. The van der Waals surface area contributed by atoms with Gasteiger partial charge in [0.25, 0.3) is 5.91 Å². The lowest BCUT2D eigenvalue weighted by Gasteiger charge is -2.21. The van der Waals surface area contributed by atoms with E-state index >= 15 is 0 Å². The third-order valence-corrected chi connectivity index (χ3v) is 2.95. The van der Waals surface area contributed by atoms with E-state index in [9.17, 15) is 9.59 Å². The molecule has 1 fully saturated rings. The Bertz CT molecular complexity index is 426. The maximum atomic E-state index is 12.2. The summed E-state index contributed by atoms with van der Waals surface area (Å²) in [5.41, 5.74) is 1.23. The number of hydrogen-bond acceptors (Lipinski definition) is 3. The number of carbonyl (C=O) groups is 2. The summed E-state index contributed by atoms with van der Waals surface area (Å²) in [4.78, 5) is 24.2. The van der Waals surface area contributed by atoms with Gasteiger partial charge in [-0.3, -0.25) is 9.59 Å². The summed E-state index contributed by atoms with van der Waals surface area (Å²) in [5.74, 6) is -0.0656. The molecule has 1 aromatic carbocycles. The van der Waals surface area contributed by atoms with Crippen LogP contribution in [0.15, 0.2) is 24.3 Å². The lowest BCUT2D eigenvalue weighted by atomic mass is 10.1. The van der Waals surface area contributed by atoms with Crippen LogP contribution in [-0.2, 0) is 4.79 Å². The van der Waals surface area contributed by atoms with Crippen molar-refractivity contribution >= 4 is 18.0 Å². The Hall–Kier alpha value is -1.88. The number of aliphatic hydroxyl groups excluding tert-OH is 1. The largest absolute Gasteiger partial charge is 0.395 e. The van der Waals surface area contributed by atoms with Crippen molar-refractivity contribution in [3.8, 4) is 0 Å². The molecule has 0 bridgehead atoms. The van der Waals surface area contributed by atoms with Crippen molar-refractivity contribution < 1.29 is 14.7 Å². The van der Waals surface area contributed by atoms with Gasteiger partial charge < -0.3 is 15.3 Å². The Morgan fingerprint density at radius 3 is 2.56 bits per heavy atom. The molecule has 0 aromatic heterocycles. The van der Waals surface area contributed by atoms with Crippen LogP contribution in [0.25, 0.3) is 0 Å². The van der Waals surface area contributed by atoms with E-state index in [-0.39, 0.29) is 18.6 Å². The van der Waals surface area contributed by atoms with Gasteiger partial charge in [0.2, 0.25) is 6.41 Å². The Balaban J connectivity index is 2.08. The van der Waals surface area contributed by atoms with E-state index in [1.807, 2.05) is 0 Å². The molecule has 96 valence electrons. The molecule has 5 heteroatoms. The predicted molar refractivity (Wildman–Crippen MR) is 67.3 cm³/mol. The highest BCUT2D eigenvalue weighted by Crippen LogP contribution is 2.28. The standard InChI is InChI=1S/C13H16N2O3/c16-8-7-15(12-5-6-12)13(18)10-1-3-11(4-2-10)14-9-17/h1-4,9,12,16H,5-8H2,(H,14,17). The maximum Gasteiger partial charge on any atom is 0.254 e. The van der Waals surface area contributed by atoms with E-state index in [4.69, 9.17) is 5.11 Å². The fraction of sp³-hybridized carbons (Fsp3) is 0.385. The molecule has 2 rings (SSSR count). The van der Waals surface area contributed by atoms with E-state index in [2.05, 4.69) is 5.32 Å². The van der Waals surface area contributed by atoms with Crippen LogP contribution in [0.2, 0.25) is 0 Å². The lowest BCUT2D eigenvalue weighted by Crippen LogP contribution is -2.35. The third kappa shape index (κ3) is 2.87. The first-order valence-corrected chi connectivity index (χ1v) is 5.98. The van der Waals surface area contributed by atoms with Crippen molar-refractivity contribution in [1.82, 2.24) is 4.90 Å². The van der Waals surface area contributed by atoms with Gasteiger partial charge in [-0.15, -0.1) is 0 Å². The van der Waals surface area contributed by atoms with Crippen LogP contribution in [0.1, 0.15) is 23.2 Å². The summed E-state index contributed by atoms with van der Waals surface area (Å²) in [6, 6.07) is 7.01. The maximum absolute atomic E-state index is 12.2. The minimum Gasteiger partial charge on any atom is -0.395 e. The molecule has 2 amide bonds. The van der Waals surface area contributed by atoms with Gasteiger partial charge in [0, 0.05) is 23.8 Å². The summed E-state index contributed by atoms with van der Waals surface area (Å²) < 4.78 is 0. The Kier molecular flexibility index (Phi) is 3.94. The summed E-state index contributed by atoms with van der Waals surface area (Å²) in [6.07, 6.45) is 2.62. The topological polar surface area (TPSA) is 69.6 Å². The average Bonchev–Trinajstić information content (AvgIpc) is 3.21. The summed E-state index contributed by atoms with van der Waals surface area (Å²) >= 11 is 0. The summed E-state index contributed by atoms with van der Waals surface area (Å²) in [6.45, 7) is 0.352. The third-order valence-electron chi connectivity index (χ3n) is 2.95. The van der Waals surface area contributed by atoms with E-state index in [1.165, 1.54) is 0 Å². The molecule has 2 N–H and O–H groups in total. The van der Waals surface area contributed by atoms with Crippen LogP contribution in [0.5, 0.6) is 0 Å². The molecule has 0 saturated heterocycles. The molecule has 0 atom stereocenters. The molecule has 0 unspecified atom stereocenters. The Morgan fingerprint density at radius 2 is 2.06 bits per heavy atom. The second-order valence-electron chi connectivity index (χ2n) is 4.29. The van der Waals surface area contributed by atoms with Crippen LogP contribution in [0, 0.1) is 0 Å². The van der Waals surface area contributed by atoms with Crippen LogP contribution in [0.3, 0.4) is 0 Å². The molecule has 1 saturated carbocycles. The first-order chi connectivity index (χ1) is 8.76. The number of benzene rings is 1. The van der Waals surface area contributed by atoms with Crippen LogP contribution < -0.4 is 5.32 Å². The normalized spacial score (nSPS) is 14.1. The van der Waals surface area contributed by atoms with Crippen molar-refractivity contribution in [3.63, 3.8) is 0 Å². The first kappa shape index (κ1) is 12.6. The molecular formula is C13H16N2O3. The number of rotatable bonds is 6. The highest BCUT2D eigenvalue weighted by molar-refractivity contribution is 5.95. The van der Waals surface area contributed by atoms with Crippen molar-refractivity contribution in [2.75, 3.05) is 18.5 Å². The number of amides is 2. The van der Waals surface area contributed by atoms with E-state index in [0.717, 1.165) is 12.8 Å². The Morgan fingerprint density at radius 1 is 1.39 bits per heavy atom. The highest BCUT2D eigenvalue weighted by atomic mass is 16.3. The summed E-state index contributed by atoms with van der Waals surface area (Å²) in [5, 5.41) is 11.5. The molecular weight excluding hydrogens is 232 g/mol. The molecule has 0 heterocycles. The highest BCUT2D eigenvalue weighted by Gasteiger charge is 2.32.